The number of nitrogens with zero attached hydrogens (tertiary/aromatic N) is 4. The van der Waals surface area contributed by atoms with Crippen LogP contribution in [0.2, 0.25) is 0 Å². The van der Waals surface area contributed by atoms with Crippen molar-refractivity contribution in [1.82, 2.24) is 29.7 Å². The summed E-state index contributed by atoms with van der Waals surface area (Å²) < 4.78 is 44.6. The summed E-state index contributed by atoms with van der Waals surface area (Å²) in [6.45, 7) is 7.72. The fourth-order valence-corrected chi connectivity index (χ4v) is 3.89. The maximum absolute atomic E-state index is 14.0. The van der Waals surface area contributed by atoms with Crippen LogP contribution in [0.15, 0.2) is 35.3 Å². The molecule has 3 aromatic heterocycles. The van der Waals surface area contributed by atoms with Crippen LogP contribution >= 0.6 is 0 Å². The number of fused-ring (bicyclic) bond motifs is 1. The third-order valence-electron chi connectivity index (χ3n) is 5.85. The Balaban J connectivity index is 1.84. The largest absolute Gasteiger partial charge is 0.421 e. The highest BCUT2D eigenvalue weighted by molar-refractivity contribution is 5.96. The zero-order chi connectivity index (χ0) is 24.8. The summed E-state index contributed by atoms with van der Waals surface area (Å²) in [6, 6.07) is 7.11. The van der Waals surface area contributed by atoms with Gasteiger partial charge in [0.1, 0.15) is 11.1 Å². The summed E-state index contributed by atoms with van der Waals surface area (Å²) >= 11 is 0. The van der Waals surface area contributed by atoms with Crippen LogP contribution in [0.4, 0.5) is 13.2 Å². The predicted octanol–water partition coefficient (Wildman–Crippen LogP) is 3.78. The molecule has 1 aromatic carbocycles. The van der Waals surface area contributed by atoms with Gasteiger partial charge in [-0.3, -0.25) is 14.3 Å². The summed E-state index contributed by atoms with van der Waals surface area (Å²) in [5, 5.41) is 10.5. The second-order valence-corrected chi connectivity index (χ2v) is 8.02. The molecule has 0 bridgehead atoms. The molecule has 3 heterocycles. The molecular weight excluding hydrogens is 449 g/mol. The van der Waals surface area contributed by atoms with Gasteiger partial charge in [0.05, 0.1) is 23.6 Å². The quantitative estimate of drug-likeness (QED) is 0.462. The molecule has 8 nitrogen and oxygen atoms in total. The molecule has 0 fully saturated rings. The molecular formula is C23H23F3N6O2. The fraction of sp³-hybridized carbons (Fsp3) is 0.304. The number of aromatic amines is 1. The highest BCUT2D eigenvalue weighted by Crippen LogP contribution is 2.35. The molecule has 0 saturated carbocycles. The number of halogens is 3. The van der Waals surface area contributed by atoms with Crippen molar-refractivity contribution in [3.05, 3.63) is 74.6 Å². The molecule has 1 amide bonds. The Labute approximate surface area is 192 Å². The van der Waals surface area contributed by atoms with Gasteiger partial charge in [-0.1, -0.05) is 12.1 Å². The second-order valence-electron chi connectivity index (χ2n) is 8.02. The van der Waals surface area contributed by atoms with Crippen LogP contribution in [-0.4, -0.2) is 30.3 Å². The minimum absolute atomic E-state index is 0.0406. The van der Waals surface area contributed by atoms with Crippen molar-refractivity contribution < 1.29 is 18.0 Å². The Bertz CT molecular complexity index is 1460. The third kappa shape index (κ3) is 3.97. The SMILES string of the molecule is CCn1nccc1CNC(=O)c1nn2c(C)c(-c3ccc(C)c(C)c3)[nH]c(=O)c2c1C(F)(F)F. The summed E-state index contributed by atoms with van der Waals surface area (Å²) in [5.74, 6) is -1.04. The number of hydrogen-bond acceptors (Lipinski definition) is 4. The number of carbonyl (C=O) groups excluding carboxylic acids is 1. The Hall–Kier alpha value is -3.89. The van der Waals surface area contributed by atoms with Crippen LogP contribution in [0.1, 0.15) is 45.5 Å². The van der Waals surface area contributed by atoms with Gasteiger partial charge in [-0.25, -0.2) is 4.52 Å². The minimum atomic E-state index is -4.97. The normalized spacial score (nSPS) is 11.9. The van der Waals surface area contributed by atoms with Crippen LogP contribution in [0.3, 0.4) is 0 Å². The molecule has 0 aliphatic carbocycles. The van der Waals surface area contributed by atoms with E-state index >= 15 is 0 Å². The van der Waals surface area contributed by atoms with Crippen molar-refractivity contribution in [2.24, 2.45) is 0 Å². The number of alkyl halides is 3. The number of nitrogens with one attached hydrogen (secondary N) is 2. The average molecular weight is 472 g/mol. The molecule has 11 heteroatoms. The van der Waals surface area contributed by atoms with Gasteiger partial charge in [0.25, 0.3) is 11.5 Å². The van der Waals surface area contributed by atoms with E-state index in [0.29, 0.717) is 23.5 Å². The summed E-state index contributed by atoms with van der Waals surface area (Å²) in [6.07, 6.45) is -3.44. The van der Waals surface area contributed by atoms with E-state index in [4.69, 9.17) is 0 Å². The number of hydrogen-bond donors (Lipinski definition) is 2. The van der Waals surface area contributed by atoms with E-state index < -0.39 is 34.4 Å². The first-order valence-electron chi connectivity index (χ1n) is 10.6. The van der Waals surface area contributed by atoms with E-state index in [0.717, 1.165) is 15.6 Å². The molecule has 0 aliphatic rings. The Morgan fingerprint density at radius 1 is 1.15 bits per heavy atom. The number of aromatic nitrogens is 5. The Morgan fingerprint density at radius 2 is 1.88 bits per heavy atom. The Morgan fingerprint density at radius 3 is 2.53 bits per heavy atom. The van der Waals surface area contributed by atoms with E-state index in [9.17, 15) is 22.8 Å². The molecule has 0 unspecified atom stereocenters. The maximum atomic E-state index is 14.0. The monoisotopic (exact) mass is 472 g/mol. The summed E-state index contributed by atoms with van der Waals surface area (Å²) in [7, 11) is 0. The van der Waals surface area contributed by atoms with Gasteiger partial charge in [0, 0.05) is 18.3 Å². The van der Waals surface area contributed by atoms with E-state index in [1.165, 1.54) is 6.20 Å². The standard InChI is InChI=1S/C23H23F3N6O2/c1-5-31-16(8-9-28-31)11-27-21(33)19-17(23(24,25)26)20-22(34)29-18(14(4)32(20)30-19)15-7-6-12(2)13(3)10-15/h6-10H,5,11H2,1-4H3,(H,27,33)(H,29,34). The predicted molar refractivity (Wildman–Crippen MR) is 120 cm³/mol. The lowest BCUT2D eigenvalue weighted by Crippen LogP contribution is -2.27. The van der Waals surface area contributed by atoms with Crippen molar-refractivity contribution in [2.45, 2.75) is 47.0 Å². The highest BCUT2D eigenvalue weighted by atomic mass is 19.4. The number of amides is 1. The first-order chi connectivity index (χ1) is 16.0. The van der Waals surface area contributed by atoms with E-state index in [2.05, 4.69) is 20.5 Å². The van der Waals surface area contributed by atoms with Gasteiger partial charge in [0.2, 0.25) is 0 Å². The van der Waals surface area contributed by atoms with Crippen LogP contribution in [-0.2, 0) is 19.3 Å². The molecule has 0 spiro atoms. The van der Waals surface area contributed by atoms with Crippen molar-refractivity contribution in [3.63, 3.8) is 0 Å². The molecule has 2 N–H and O–H groups in total. The zero-order valence-corrected chi connectivity index (χ0v) is 19.0. The smallest absolute Gasteiger partial charge is 0.345 e. The van der Waals surface area contributed by atoms with E-state index in [1.54, 1.807) is 23.7 Å². The van der Waals surface area contributed by atoms with Crippen LogP contribution in [0.5, 0.6) is 0 Å². The average Bonchev–Trinajstić information content (AvgIpc) is 3.41. The van der Waals surface area contributed by atoms with Crippen molar-refractivity contribution in [1.29, 1.82) is 0 Å². The zero-order valence-electron chi connectivity index (χ0n) is 19.0. The summed E-state index contributed by atoms with van der Waals surface area (Å²) in [5.41, 5.74) is -0.0925. The molecule has 0 atom stereocenters. The number of H-pyrrole nitrogens is 1. The van der Waals surface area contributed by atoms with Crippen molar-refractivity contribution >= 4 is 11.4 Å². The van der Waals surface area contributed by atoms with Gasteiger partial charge >= 0.3 is 6.18 Å². The number of rotatable bonds is 5. The molecule has 4 rings (SSSR count). The molecule has 34 heavy (non-hydrogen) atoms. The topological polar surface area (TPSA) is 97.1 Å². The molecule has 0 saturated heterocycles. The summed E-state index contributed by atoms with van der Waals surface area (Å²) in [4.78, 5) is 28.2. The minimum Gasteiger partial charge on any atom is -0.345 e. The number of aryl methyl sites for hydroxylation is 4. The maximum Gasteiger partial charge on any atom is 0.421 e. The van der Waals surface area contributed by atoms with Crippen molar-refractivity contribution in [2.75, 3.05) is 0 Å². The lowest BCUT2D eigenvalue weighted by Gasteiger charge is -2.11. The van der Waals surface area contributed by atoms with E-state index in [-0.39, 0.29) is 12.2 Å². The lowest BCUT2D eigenvalue weighted by molar-refractivity contribution is -0.136. The molecule has 0 aliphatic heterocycles. The number of benzene rings is 1. The highest BCUT2D eigenvalue weighted by Gasteiger charge is 2.42. The van der Waals surface area contributed by atoms with Gasteiger partial charge in [-0.05, 0) is 51.0 Å². The van der Waals surface area contributed by atoms with Gasteiger partial charge in [-0.15, -0.1) is 0 Å². The van der Waals surface area contributed by atoms with E-state index in [1.807, 2.05) is 32.9 Å². The van der Waals surface area contributed by atoms with Gasteiger partial charge in [-0.2, -0.15) is 23.4 Å². The Kier molecular flexibility index (Phi) is 5.80. The van der Waals surface area contributed by atoms with Crippen LogP contribution in [0.25, 0.3) is 16.8 Å². The van der Waals surface area contributed by atoms with Crippen LogP contribution in [0, 0.1) is 20.8 Å². The molecule has 4 aromatic rings. The first-order valence-corrected chi connectivity index (χ1v) is 10.6. The molecule has 178 valence electrons. The number of carbonyl (C=O) groups is 1. The van der Waals surface area contributed by atoms with Crippen molar-refractivity contribution in [3.8, 4) is 11.3 Å². The van der Waals surface area contributed by atoms with Crippen LogP contribution < -0.4 is 10.9 Å². The van der Waals surface area contributed by atoms with Gasteiger partial charge in [0.15, 0.2) is 5.69 Å². The third-order valence-corrected chi connectivity index (χ3v) is 5.85. The fourth-order valence-electron chi connectivity index (χ4n) is 3.89. The van der Waals surface area contributed by atoms with Gasteiger partial charge < -0.3 is 10.3 Å². The second kappa shape index (κ2) is 8.47. The lowest BCUT2D eigenvalue weighted by atomic mass is 10.0. The first kappa shape index (κ1) is 23.3. The molecule has 0 radical (unpaired) electrons.